The van der Waals surface area contributed by atoms with E-state index in [1.165, 1.54) is 30.4 Å². The zero-order valence-corrected chi connectivity index (χ0v) is 11.4. The molecular weight excluding hydrogens is 246 g/mol. The Balaban J connectivity index is 1.68. The van der Waals surface area contributed by atoms with Gasteiger partial charge in [-0.2, -0.15) is 5.26 Å². The highest BCUT2D eigenvalue weighted by molar-refractivity contribution is 5.35. The summed E-state index contributed by atoms with van der Waals surface area (Å²) in [5.74, 6) is 1.32. The highest BCUT2D eigenvalue weighted by Crippen LogP contribution is 2.31. The third-order valence-corrected chi connectivity index (χ3v) is 3.93. The average Bonchev–Trinajstić information content (AvgIpc) is 2.53. The SMILES string of the molecule is N#Cc1ccc(OCC2CCCc3ccccc32)cc1. The standard InChI is InChI=1S/C18H17NO/c19-12-14-8-10-17(11-9-14)20-13-16-6-3-5-15-4-1-2-7-18(15)16/h1-2,4,7-11,16H,3,5-6,13H2. The Bertz CT molecular complexity index is 625. The second kappa shape index (κ2) is 5.79. The molecule has 0 N–H and O–H groups in total. The van der Waals surface area contributed by atoms with Crippen molar-refractivity contribution in [2.24, 2.45) is 0 Å². The molecule has 2 heteroatoms. The van der Waals surface area contributed by atoms with Gasteiger partial charge in [0.25, 0.3) is 0 Å². The van der Waals surface area contributed by atoms with E-state index in [2.05, 4.69) is 30.3 Å². The minimum absolute atomic E-state index is 0.482. The average molecular weight is 263 g/mol. The lowest BCUT2D eigenvalue weighted by Crippen LogP contribution is -2.16. The van der Waals surface area contributed by atoms with Gasteiger partial charge < -0.3 is 4.74 Å². The molecule has 2 aromatic carbocycles. The first-order chi connectivity index (χ1) is 9.86. The Kier molecular flexibility index (Phi) is 3.69. The lowest BCUT2D eigenvalue weighted by atomic mass is 9.83. The smallest absolute Gasteiger partial charge is 0.119 e. The van der Waals surface area contributed by atoms with Gasteiger partial charge in [-0.15, -0.1) is 0 Å². The molecule has 1 aliphatic carbocycles. The number of ether oxygens (including phenoxy) is 1. The first-order valence-electron chi connectivity index (χ1n) is 7.07. The summed E-state index contributed by atoms with van der Waals surface area (Å²) in [4.78, 5) is 0. The Labute approximate surface area is 119 Å². The van der Waals surface area contributed by atoms with E-state index in [0.29, 0.717) is 18.1 Å². The molecular formula is C18H17NO. The van der Waals surface area contributed by atoms with Gasteiger partial charge in [-0.1, -0.05) is 24.3 Å². The topological polar surface area (TPSA) is 33.0 Å². The lowest BCUT2D eigenvalue weighted by molar-refractivity contribution is 0.274. The van der Waals surface area contributed by atoms with Crippen molar-refractivity contribution in [3.8, 4) is 11.8 Å². The summed E-state index contributed by atoms with van der Waals surface area (Å²) in [6, 6.07) is 18.1. The van der Waals surface area contributed by atoms with Crippen LogP contribution in [0, 0.1) is 11.3 Å². The molecule has 0 aliphatic heterocycles. The molecule has 0 aromatic heterocycles. The number of aryl methyl sites for hydroxylation is 1. The van der Waals surface area contributed by atoms with E-state index in [0.717, 1.165) is 5.75 Å². The van der Waals surface area contributed by atoms with E-state index in [9.17, 15) is 0 Å². The van der Waals surface area contributed by atoms with Crippen LogP contribution in [0.25, 0.3) is 0 Å². The Morgan fingerprint density at radius 2 is 1.90 bits per heavy atom. The fraction of sp³-hybridized carbons (Fsp3) is 0.278. The number of hydrogen-bond acceptors (Lipinski definition) is 2. The van der Waals surface area contributed by atoms with Crippen LogP contribution in [0.4, 0.5) is 0 Å². The molecule has 0 fully saturated rings. The number of nitriles is 1. The highest BCUT2D eigenvalue weighted by Gasteiger charge is 2.20. The molecule has 0 saturated carbocycles. The fourth-order valence-electron chi connectivity index (χ4n) is 2.85. The highest BCUT2D eigenvalue weighted by atomic mass is 16.5. The second-order valence-corrected chi connectivity index (χ2v) is 5.24. The molecule has 0 heterocycles. The Morgan fingerprint density at radius 1 is 1.10 bits per heavy atom. The molecule has 0 radical (unpaired) electrons. The summed E-state index contributed by atoms with van der Waals surface area (Å²) < 4.78 is 5.89. The van der Waals surface area contributed by atoms with Crippen molar-refractivity contribution in [3.63, 3.8) is 0 Å². The minimum atomic E-state index is 0.482. The van der Waals surface area contributed by atoms with Crippen molar-refractivity contribution in [2.75, 3.05) is 6.61 Å². The van der Waals surface area contributed by atoms with Gasteiger partial charge >= 0.3 is 0 Å². The van der Waals surface area contributed by atoms with Crippen LogP contribution in [-0.4, -0.2) is 6.61 Å². The third-order valence-electron chi connectivity index (χ3n) is 3.93. The Morgan fingerprint density at radius 3 is 2.70 bits per heavy atom. The molecule has 0 spiro atoms. The molecule has 0 amide bonds. The van der Waals surface area contributed by atoms with E-state index in [1.807, 2.05) is 12.1 Å². The van der Waals surface area contributed by atoms with Gasteiger partial charge in [0.2, 0.25) is 0 Å². The van der Waals surface area contributed by atoms with E-state index in [1.54, 1.807) is 12.1 Å². The Hall–Kier alpha value is -2.27. The van der Waals surface area contributed by atoms with Crippen LogP contribution >= 0.6 is 0 Å². The zero-order valence-electron chi connectivity index (χ0n) is 11.4. The summed E-state index contributed by atoms with van der Waals surface area (Å²) >= 11 is 0. The summed E-state index contributed by atoms with van der Waals surface area (Å²) in [5, 5.41) is 8.78. The van der Waals surface area contributed by atoms with Crippen molar-refractivity contribution in [2.45, 2.75) is 25.2 Å². The first-order valence-corrected chi connectivity index (χ1v) is 7.07. The summed E-state index contributed by atoms with van der Waals surface area (Å²) in [6.45, 7) is 0.711. The van der Waals surface area contributed by atoms with Crippen molar-refractivity contribution < 1.29 is 4.74 Å². The van der Waals surface area contributed by atoms with Crippen molar-refractivity contribution in [1.82, 2.24) is 0 Å². The molecule has 3 rings (SSSR count). The van der Waals surface area contributed by atoms with Gasteiger partial charge in [-0.25, -0.2) is 0 Å². The van der Waals surface area contributed by atoms with E-state index >= 15 is 0 Å². The predicted molar refractivity (Wildman–Crippen MR) is 78.8 cm³/mol. The van der Waals surface area contributed by atoms with Gasteiger partial charge in [-0.05, 0) is 54.7 Å². The second-order valence-electron chi connectivity index (χ2n) is 5.24. The van der Waals surface area contributed by atoms with Crippen molar-refractivity contribution in [1.29, 1.82) is 5.26 Å². The lowest BCUT2D eigenvalue weighted by Gasteiger charge is -2.25. The summed E-state index contributed by atoms with van der Waals surface area (Å²) in [7, 11) is 0. The number of rotatable bonds is 3. The third kappa shape index (κ3) is 2.67. The quantitative estimate of drug-likeness (QED) is 0.836. The molecule has 100 valence electrons. The van der Waals surface area contributed by atoms with Crippen LogP contribution in [-0.2, 0) is 6.42 Å². The van der Waals surface area contributed by atoms with Crippen LogP contribution in [0.2, 0.25) is 0 Å². The van der Waals surface area contributed by atoms with Crippen LogP contribution in [0.3, 0.4) is 0 Å². The molecule has 0 saturated heterocycles. The number of fused-ring (bicyclic) bond motifs is 1. The maximum atomic E-state index is 8.78. The van der Waals surface area contributed by atoms with E-state index < -0.39 is 0 Å². The zero-order chi connectivity index (χ0) is 13.8. The van der Waals surface area contributed by atoms with Gasteiger partial charge in [0.1, 0.15) is 5.75 Å². The van der Waals surface area contributed by atoms with Crippen LogP contribution in [0.5, 0.6) is 5.75 Å². The number of nitrogens with zero attached hydrogens (tertiary/aromatic N) is 1. The molecule has 2 aromatic rings. The summed E-state index contributed by atoms with van der Waals surface area (Å²) in [6.07, 6.45) is 3.61. The van der Waals surface area contributed by atoms with Gasteiger partial charge in [-0.3, -0.25) is 0 Å². The molecule has 1 unspecified atom stereocenters. The summed E-state index contributed by atoms with van der Waals surface area (Å²) in [5.41, 5.74) is 3.57. The number of hydrogen-bond donors (Lipinski definition) is 0. The maximum absolute atomic E-state index is 8.78. The number of benzene rings is 2. The van der Waals surface area contributed by atoms with Crippen molar-refractivity contribution >= 4 is 0 Å². The minimum Gasteiger partial charge on any atom is -0.493 e. The normalized spacial score (nSPS) is 17.1. The largest absolute Gasteiger partial charge is 0.493 e. The van der Waals surface area contributed by atoms with Crippen LogP contribution in [0.1, 0.15) is 35.4 Å². The first kappa shape index (κ1) is 12.7. The molecule has 1 aliphatic rings. The fourth-order valence-corrected chi connectivity index (χ4v) is 2.85. The molecule has 20 heavy (non-hydrogen) atoms. The van der Waals surface area contributed by atoms with Crippen LogP contribution < -0.4 is 4.74 Å². The van der Waals surface area contributed by atoms with Crippen molar-refractivity contribution in [3.05, 3.63) is 65.2 Å². The molecule has 0 bridgehead atoms. The predicted octanol–water partition coefficient (Wildman–Crippen LogP) is 4.06. The maximum Gasteiger partial charge on any atom is 0.119 e. The van der Waals surface area contributed by atoms with Gasteiger partial charge in [0.05, 0.1) is 18.2 Å². The van der Waals surface area contributed by atoms with Gasteiger partial charge in [0.15, 0.2) is 0 Å². The van der Waals surface area contributed by atoms with E-state index in [4.69, 9.17) is 10.00 Å². The molecule has 1 atom stereocenters. The molecule has 2 nitrogen and oxygen atoms in total. The van der Waals surface area contributed by atoms with Gasteiger partial charge in [0, 0.05) is 5.92 Å². The monoisotopic (exact) mass is 263 g/mol. The van der Waals surface area contributed by atoms with Crippen LogP contribution in [0.15, 0.2) is 48.5 Å². The van der Waals surface area contributed by atoms with E-state index in [-0.39, 0.29) is 0 Å².